The first-order chi connectivity index (χ1) is 21.8. The third-order valence-electron chi connectivity index (χ3n) is 9.52. The lowest BCUT2D eigenvalue weighted by Crippen LogP contribution is -2.55. The first-order valence-corrected chi connectivity index (χ1v) is 15.8. The number of nitrogens with one attached hydrogen (secondary N) is 1. The van der Waals surface area contributed by atoms with Crippen LogP contribution in [0.25, 0.3) is 10.8 Å². The van der Waals surface area contributed by atoms with Crippen LogP contribution in [0.5, 0.6) is 0 Å². The summed E-state index contributed by atoms with van der Waals surface area (Å²) in [6, 6.07) is 16.6. The van der Waals surface area contributed by atoms with Gasteiger partial charge in [-0.1, -0.05) is 36.9 Å². The number of nitrogens with zero attached hydrogens (tertiary/aromatic N) is 5. The van der Waals surface area contributed by atoms with Crippen molar-refractivity contribution < 1.29 is 14.3 Å². The molecule has 3 aliphatic rings. The van der Waals surface area contributed by atoms with Gasteiger partial charge >= 0.3 is 0 Å². The number of hydrogen-bond donors (Lipinski definition) is 2. The Morgan fingerprint density at radius 1 is 1.16 bits per heavy atom. The van der Waals surface area contributed by atoms with Gasteiger partial charge in [-0.25, -0.2) is 4.98 Å². The number of anilines is 2. The molecule has 0 saturated carbocycles. The largest absolute Gasteiger partial charge is 0.381 e. The van der Waals surface area contributed by atoms with Crippen LogP contribution in [0.15, 0.2) is 55.1 Å². The Hall–Kier alpha value is -4.46. The van der Waals surface area contributed by atoms with Gasteiger partial charge in [-0.2, -0.15) is 5.26 Å². The molecule has 3 N–H and O–H groups in total. The van der Waals surface area contributed by atoms with Crippen molar-refractivity contribution in [3.63, 3.8) is 0 Å². The fourth-order valence-corrected chi connectivity index (χ4v) is 6.96. The van der Waals surface area contributed by atoms with E-state index in [1.807, 2.05) is 6.07 Å². The lowest BCUT2D eigenvalue weighted by atomic mass is 9.91. The molecule has 1 aromatic heterocycles. The molecule has 0 aliphatic carbocycles. The molecule has 3 aliphatic heterocycles. The van der Waals surface area contributed by atoms with Gasteiger partial charge in [-0.05, 0) is 55.3 Å². The molecule has 2 amide bonds. The maximum Gasteiger partial charge on any atom is 0.270 e. The fourth-order valence-electron chi connectivity index (χ4n) is 6.96. The van der Waals surface area contributed by atoms with E-state index in [0.717, 1.165) is 35.6 Å². The number of ether oxygens (including phenoxy) is 1. The maximum atomic E-state index is 13.7. The minimum Gasteiger partial charge on any atom is -0.381 e. The van der Waals surface area contributed by atoms with E-state index in [-0.39, 0.29) is 24.3 Å². The summed E-state index contributed by atoms with van der Waals surface area (Å²) in [5.41, 5.74) is 11.7. The normalized spacial score (nSPS) is 19.5. The van der Waals surface area contributed by atoms with Crippen molar-refractivity contribution >= 4 is 34.0 Å². The summed E-state index contributed by atoms with van der Waals surface area (Å²) in [4.78, 5) is 37.5. The second-order valence-corrected chi connectivity index (χ2v) is 12.4. The van der Waals surface area contributed by atoms with Crippen molar-refractivity contribution in [2.75, 3.05) is 55.7 Å². The van der Waals surface area contributed by atoms with Gasteiger partial charge in [0, 0.05) is 73.8 Å². The highest BCUT2D eigenvalue weighted by Crippen LogP contribution is 2.36. The van der Waals surface area contributed by atoms with Crippen LogP contribution in [0.2, 0.25) is 0 Å². The Kier molecular flexibility index (Phi) is 8.74. The monoisotopic (exact) mass is 607 g/mol. The Labute approximate surface area is 264 Å². The molecule has 10 heteroatoms. The SMILES string of the molecule is C=CC(=O)N1CCN(c2cc(C(=O)NCC3(N)CCOCC3)nc3c2CCN(c2cccc4cccc(C)c24)C3)C[C@@H]1CC#N. The van der Waals surface area contributed by atoms with E-state index in [4.69, 9.17) is 15.5 Å². The molecule has 45 heavy (non-hydrogen) atoms. The highest BCUT2D eigenvalue weighted by Gasteiger charge is 2.34. The predicted molar refractivity (Wildman–Crippen MR) is 175 cm³/mol. The summed E-state index contributed by atoms with van der Waals surface area (Å²) in [5.74, 6) is -0.431. The number of hydrogen-bond acceptors (Lipinski definition) is 8. The third-order valence-corrected chi connectivity index (χ3v) is 9.52. The molecule has 4 heterocycles. The molecular weight excluding hydrogens is 566 g/mol. The van der Waals surface area contributed by atoms with E-state index in [0.29, 0.717) is 64.5 Å². The summed E-state index contributed by atoms with van der Waals surface area (Å²) in [5, 5.41) is 15.0. The zero-order valence-electron chi connectivity index (χ0n) is 25.9. The van der Waals surface area contributed by atoms with Crippen LogP contribution in [0, 0.1) is 18.3 Å². The summed E-state index contributed by atoms with van der Waals surface area (Å²) >= 11 is 0. The second kappa shape index (κ2) is 12.9. The van der Waals surface area contributed by atoms with Gasteiger partial charge in [0.15, 0.2) is 0 Å². The van der Waals surface area contributed by atoms with Crippen LogP contribution in [0.1, 0.15) is 46.6 Å². The number of amides is 2. The highest BCUT2D eigenvalue weighted by atomic mass is 16.5. The van der Waals surface area contributed by atoms with Crippen molar-refractivity contribution in [3.05, 3.63) is 77.6 Å². The van der Waals surface area contributed by atoms with Crippen LogP contribution in [-0.4, -0.2) is 79.2 Å². The van der Waals surface area contributed by atoms with Crippen LogP contribution in [0.3, 0.4) is 0 Å². The van der Waals surface area contributed by atoms with Crippen molar-refractivity contribution in [3.8, 4) is 6.07 Å². The van der Waals surface area contributed by atoms with Crippen LogP contribution in [-0.2, 0) is 22.5 Å². The number of carbonyl (C=O) groups excluding carboxylic acids is 2. The zero-order valence-corrected chi connectivity index (χ0v) is 25.9. The molecule has 1 atom stereocenters. The topological polar surface area (TPSA) is 128 Å². The summed E-state index contributed by atoms with van der Waals surface area (Å²) < 4.78 is 5.47. The highest BCUT2D eigenvalue weighted by molar-refractivity contribution is 5.97. The molecule has 3 aromatic rings. The molecule has 0 radical (unpaired) electrons. The molecule has 6 rings (SSSR count). The first kappa shape index (κ1) is 30.6. The summed E-state index contributed by atoms with van der Waals surface area (Å²) in [6.07, 6.45) is 3.64. The van der Waals surface area contributed by atoms with E-state index in [2.05, 4.69) is 71.1 Å². The maximum absolute atomic E-state index is 13.7. The second-order valence-electron chi connectivity index (χ2n) is 12.4. The molecule has 234 valence electrons. The van der Waals surface area contributed by atoms with Crippen molar-refractivity contribution in [2.45, 2.75) is 50.7 Å². The van der Waals surface area contributed by atoms with Gasteiger partial charge < -0.3 is 30.5 Å². The van der Waals surface area contributed by atoms with Crippen molar-refractivity contribution in [1.82, 2.24) is 15.2 Å². The van der Waals surface area contributed by atoms with Crippen LogP contribution >= 0.6 is 0 Å². The number of rotatable bonds is 7. The molecule has 2 aromatic carbocycles. The van der Waals surface area contributed by atoms with Crippen LogP contribution < -0.4 is 20.9 Å². The lowest BCUT2D eigenvalue weighted by molar-refractivity contribution is -0.128. The number of benzene rings is 2. The van der Waals surface area contributed by atoms with Crippen LogP contribution in [0.4, 0.5) is 11.4 Å². The smallest absolute Gasteiger partial charge is 0.270 e. The van der Waals surface area contributed by atoms with Gasteiger partial charge in [0.2, 0.25) is 5.91 Å². The Morgan fingerprint density at radius 3 is 2.69 bits per heavy atom. The molecule has 2 saturated heterocycles. The Morgan fingerprint density at radius 2 is 1.93 bits per heavy atom. The molecular formula is C35H41N7O3. The Bertz CT molecular complexity index is 1650. The molecule has 0 spiro atoms. The van der Waals surface area contributed by atoms with Gasteiger partial charge in [-0.3, -0.25) is 9.59 Å². The fraction of sp³-hybridized carbons (Fsp3) is 0.429. The molecule has 0 unspecified atom stereocenters. The number of aromatic nitrogens is 1. The average Bonchev–Trinajstić information content (AvgIpc) is 3.06. The van der Waals surface area contributed by atoms with E-state index in [9.17, 15) is 14.9 Å². The minimum absolute atomic E-state index is 0.170. The lowest BCUT2D eigenvalue weighted by Gasteiger charge is -2.43. The quantitative estimate of drug-likeness (QED) is 0.391. The van der Waals surface area contributed by atoms with Gasteiger partial charge in [0.25, 0.3) is 5.91 Å². The van der Waals surface area contributed by atoms with Crippen molar-refractivity contribution in [2.24, 2.45) is 5.73 Å². The number of piperazine rings is 1. The summed E-state index contributed by atoms with van der Waals surface area (Å²) in [6.45, 7) is 10.2. The van der Waals surface area contributed by atoms with E-state index >= 15 is 0 Å². The standard InChI is InChI=1S/C35H41N7O3/c1-3-32(43)42-17-16-41(21-26(42)10-14-36)31-20-28(34(44)38-23-35(37)12-18-45-19-13-35)39-29-22-40(15-11-27(29)31)30-9-5-8-25-7-4-6-24(2)33(25)30/h3-9,20,26H,1,10-13,15-19,21-23,37H2,2H3,(H,38,44)/t26-/m0/s1. The van der Waals surface area contributed by atoms with Gasteiger partial charge in [0.1, 0.15) is 5.69 Å². The number of carbonyl (C=O) groups is 2. The molecule has 10 nitrogen and oxygen atoms in total. The number of nitrogens with two attached hydrogens (primary N) is 1. The third kappa shape index (κ3) is 6.23. The number of nitriles is 1. The number of fused-ring (bicyclic) bond motifs is 2. The first-order valence-electron chi connectivity index (χ1n) is 15.8. The zero-order chi connectivity index (χ0) is 31.6. The molecule has 0 bridgehead atoms. The van der Waals surface area contributed by atoms with E-state index in [1.54, 1.807) is 4.90 Å². The predicted octanol–water partition coefficient (Wildman–Crippen LogP) is 3.46. The average molecular weight is 608 g/mol. The van der Waals surface area contributed by atoms with Crippen molar-refractivity contribution in [1.29, 1.82) is 5.26 Å². The van der Waals surface area contributed by atoms with Gasteiger partial charge in [0.05, 0.1) is 30.8 Å². The van der Waals surface area contributed by atoms with E-state index < -0.39 is 5.54 Å². The van der Waals surface area contributed by atoms with Gasteiger partial charge in [-0.15, -0.1) is 0 Å². The summed E-state index contributed by atoms with van der Waals surface area (Å²) in [7, 11) is 0. The number of pyridine rings is 1. The minimum atomic E-state index is -0.507. The molecule has 2 fully saturated rings. The number of aryl methyl sites for hydroxylation is 1. The van der Waals surface area contributed by atoms with E-state index in [1.165, 1.54) is 22.4 Å². The Balaban J connectivity index is 1.35.